The van der Waals surface area contributed by atoms with Gasteiger partial charge in [0.2, 0.25) is 11.8 Å². The van der Waals surface area contributed by atoms with E-state index in [9.17, 15) is 9.59 Å². The molecule has 4 nitrogen and oxygen atoms in total. The fraction of sp³-hybridized carbons (Fsp3) is 0.500. The zero-order chi connectivity index (χ0) is 22.4. The lowest BCUT2D eigenvalue weighted by atomic mass is 9.93. The first kappa shape index (κ1) is 24.1. The third-order valence-electron chi connectivity index (χ3n) is 5.72. The average Bonchev–Trinajstić information content (AvgIpc) is 3.22. The fourth-order valence-electron chi connectivity index (χ4n) is 4.11. The summed E-state index contributed by atoms with van der Waals surface area (Å²) in [5, 5.41) is 3.19. The number of amides is 2. The molecule has 0 aliphatic carbocycles. The second-order valence-electron chi connectivity index (χ2n) is 7.98. The molecular weight excluding hydrogens is 451 g/mol. The number of unbranched alkanes of at least 4 members (excludes halogenated alkanes) is 2. The topological polar surface area (TPSA) is 40.6 Å². The summed E-state index contributed by atoms with van der Waals surface area (Å²) in [4.78, 5) is 31.1. The number of hydrogen-bond acceptors (Lipinski definition) is 3. The molecule has 2 heterocycles. The Kier molecular flexibility index (Phi) is 8.82. The molecule has 0 saturated carbocycles. The van der Waals surface area contributed by atoms with Crippen molar-refractivity contribution in [1.82, 2.24) is 9.80 Å². The van der Waals surface area contributed by atoms with Gasteiger partial charge in [-0.3, -0.25) is 9.59 Å². The normalized spacial score (nSPS) is 15.6. The second-order valence-corrected chi connectivity index (χ2v) is 9.82. The summed E-state index contributed by atoms with van der Waals surface area (Å²) < 4.78 is 0. The van der Waals surface area contributed by atoms with E-state index >= 15 is 0 Å². The van der Waals surface area contributed by atoms with Gasteiger partial charge in [-0.05, 0) is 54.0 Å². The molecule has 1 aromatic heterocycles. The molecule has 1 unspecified atom stereocenters. The van der Waals surface area contributed by atoms with Gasteiger partial charge in [0, 0.05) is 34.4 Å². The van der Waals surface area contributed by atoms with E-state index in [1.807, 2.05) is 24.0 Å². The van der Waals surface area contributed by atoms with Gasteiger partial charge in [-0.25, -0.2) is 0 Å². The first-order valence-corrected chi connectivity index (χ1v) is 12.7. The third kappa shape index (κ3) is 5.82. The van der Waals surface area contributed by atoms with Crippen LogP contribution in [0.15, 0.2) is 29.6 Å². The average molecular weight is 481 g/mol. The zero-order valence-corrected chi connectivity index (χ0v) is 20.5. The van der Waals surface area contributed by atoms with Crippen molar-refractivity contribution in [2.75, 3.05) is 19.6 Å². The van der Waals surface area contributed by atoms with Gasteiger partial charge in [0.15, 0.2) is 0 Å². The van der Waals surface area contributed by atoms with Crippen molar-refractivity contribution in [3.8, 4) is 0 Å². The maximum atomic E-state index is 13.5. The van der Waals surface area contributed by atoms with Gasteiger partial charge in [0.1, 0.15) is 0 Å². The molecule has 2 aromatic rings. The molecule has 7 heteroatoms. The lowest BCUT2D eigenvalue weighted by Gasteiger charge is -2.38. The predicted octanol–water partition coefficient (Wildman–Crippen LogP) is 6.35. The highest BCUT2D eigenvalue weighted by molar-refractivity contribution is 7.10. The summed E-state index contributed by atoms with van der Waals surface area (Å²) in [7, 11) is 0. The predicted molar refractivity (Wildman–Crippen MR) is 129 cm³/mol. The van der Waals surface area contributed by atoms with Crippen molar-refractivity contribution in [3.05, 3.63) is 55.7 Å². The van der Waals surface area contributed by atoms with Crippen molar-refractivity contribution < 1.29 is 9.59 Å². The number of carbonyl (C=O) groups excluding carboxylic acids is 2. The molecule has 1 atom stereocenters. The lowest BCUT2D eigenvalue weighted by molar-refractivity contribution is -0.141. The van der Waals surface area contributed by atoms with Crippen LogP contribution < -0.4 is 0 Å². The number of thiophene rings is 1. The Labute approximate surface area is 199 Å². The number of carbonyl (C=O) groups is 2. The third-order valence-corrected chi connectivity index (χ3v) is 7.28. The number of nitrogens with zero attached hydrogens (tertiary/aromatic N) is 2. The molecule has 1 aromatic carbocycles. The first-order chi connectivity index (χ1) is 15.0. The SMILES string of the molecule is CCCCCN(CC(=O)N1CCc2sccc2C1c1ccc(Cl)cc1Cl)C(=O)CCC. The van der Waals surface area contributed by atoms with E-state index in [0.29, 0.717) is 29.6 Å². The van der Waals surface area contributed by atoms with Gasteiger partial charge in [-0.15, -0.1) is 11.3 Å². The van der Waals surface area contributed by atoms with E-state index in [2.05, 4.69) is 18.4 Å². The van der Waals surface area contributed by atoms with E-state index in [4.69, 9.17) is 23.2 Å². The van der Waals surface area contributed by atoms with E-state index in [-0.39, 0.29) is 24.4 Å². The maximum absolute atomic E-state index is 13.5. The van der Waals surface area contributed by atoms with Gasteiger partial charge in [0.25, 0.3) is 0 Å². The van der Waals surface area contributed by atoms with Crippen LogP contribution >= 0.6 is 34.5 Å². The fourth-order valence-corrected chi connectivity index (χ4v) is 5.53. The molecule has 0 fully saturated rings. The summed E-state index contributed by atoms with van der Waals surface area (Å²) >= 11 is 14.4. The van der Waals surface area contributed by atoms with Gasteiger partial charge >= 0.3 is 0 Å². The highest BCUT2D eigenvalue weighted by Gasteiger charge is 2.34. The van der Waals surface area contributed by atoms with Crippen LogP contribution in [0.1, 0.15) is 68.0 Å². The van der Waals surface area contributed by atoms with Gasteiger partial charge in [-0.1, -0.05) is 56.0 Å². The molecule has 2 amide bonds. The molecule has 168 valence electrons. The van der Waals surface area contributed by atoms with Crippen LogP contribution in [0.2, 0.25) is 10.0 Å². The van der Waals surface area contributed by atoms with Crippen LogP contribution in [-0.2, 0) is 16.0 Å². The smallest absolute Gasteiger partial charge is 0.242 e. The molecule has 0 spiro atoms. The molecule has 1 aliphatic heterocycles. The highest BCUT2D eigenvalue weighted by Crippen LogP contribution is 2.41. The minimum atomic E-state index is -0.258. The number of hydrogen-bond donors (Lipinski definition) is 0. The van der Waals surface area contributed by atoms with Crippen LogP contribution in [0.25, 0.3) is 0 Å². The summed E-state index contributed by atoms with van der Waals surface area (Å²) in [6, 6.07) is 7.27. The van der Waals surface area contributed by atoms with E-state index in [1.54, 1.807) is 22.3 Å². The Morgan fingerprint density at radius 2 is 1.94 bits per heavy atom. The zero-order valence-electron chi connectivity index (χ0n) is 18.2. The summed E-state index contributed by atoms with van der Waals surface area (Å²) in [6.45, 7) is 5.48. The Balaban J connectivity index is 1.87. The van der Waals surface area contributed by atoms with Crippen molar-refractivity contribution in [1.29, 1.82) is 0 Å². The molecular formula is C24H30Cl2N2O2S. The molecule has 31 heavy (non-hydrogen) atoms. The molecule has 1 aliphatic rings. The number of rotatable bonds is 9. The number of halogens is 2. The van der Waals surface area contributed by atoms with Gasteiger partial charge < -0.3 is 9.80 Å². The molecule has 0 bridgehead atoms. The lowest BCUT2D eigenvalue weighted by Crippen LogP contribution is -2.47. The monoisotopic (exact) mass is 480 g/mol. The van der Waals surface area contributed by atoms with Crippen LogP contribution in [0, 0.1) is 0 Å². The van der Waals surface area contributed by atoms with E-state index < -0.39 is 0 Å². The summed E-state index contributed by atoms with van der Waals surface area (Å²) in [6.07, 6.45) is 5.12. The van der Waals surface area contributed by atoms with E-state index in [0.717, 1.165) is 43.2 Å². The highest BCUT2D eigenvalue weighted by atomic mass is 35.5. The molecule has 0 radical (unpaired) electrons. The van der Waals surface area contributed by atoms with Crippen LogP contribution in [-0.4, -0.2) is 41.2 Å². The van der Waals surface area contributed by atoms with Crippen LogP contribution in [0.3, 0.4) is 0 Å². The summed E-state index contributed by atoms with van der Waals surface area (Å²) in [5.41, 5.74) is 1.99. The minimum Gasteiger partial charge on any atom is -0.333 e. The number of fused-ring (bicyclic) bond motifs is 1. The standard InChI is InChI=1S/C24H30Cl2N2O2S/c1-3-5-6-12-27(22(29)7-4-2)16-23(30)28-13-10-21-19(11-14-31-21)24(28)18-9-8-17(25)15-20(18)26/h8-9,11,14-15,24H,3-7,10,12-13,16H2,1-2H3. The van der Waals surface area contributed by atoms with Gasteiger partial charge in [0.05, 0.1) is 12.6 Å². The maximum Gasteiger partial charge on any atom is 0.242 e. The summed E-state index contributed by atoms with van der Waals surface area (Å²) in [5.74, 6) is 0.0232. The first-order valence-electron chi connectivity index (χ1n) is 11.0. The van der Waals surface area contributed by atoms with Crippen molar-refractivity contribution in [2.45, 2.75) is 58.4 Å². The Bertz CT molecular complexity index is 915. The second kappa shape index (κ2) is 11.3. The van der Waals surface area contributed by atoms with Crippen molar-refractivity contribution in [2.24, 2.45) is 0 Å². The molecule has 0 saturated heterocycles. The quantitative estimate of drug-likeness (QED) is 0.392. The largest absolute Gasteiger partial charge is 0.333 e. The molecule has 3 rings (SSSR count). The Morgan fingerprint density at radius 1 is 1.13 bits per heavy atom. The van der Waals surface area contributed by atoms with Gasteiger partial charge in [-0.2, -0.15) is 0 Å². The van der Waals surface area contributed by atoms with E-state index in [1.165, 1.54) is 4.88 Å². The van der Waals surface area contributed by atoms with Crippen molar-refractivity contribution in [3.63, 3.8) is 0 Å². The Hall–Kier alpha value is -1.56. The molecule has 0 N–H and O–H groups in total. The minimum absolute atomic E-state index is 0.0335. The van der Waals surface area contributed by atoms with Crippen LogP contribution in [0.4, 0.5) is 0 Å². The van der Waals surface area contributed by atoms with Crippen molar-refractivity contribution >= 4 is 46.4 Å². The number of benzene rings is 1. The Morgan fingerprint density at radius 3 is 2.65 bits per heavy atom. The van der Waals surface area contributed by atoms with Crippen LogP contribution in [0.5, 0.6) is 0 Å².